The number of hydrogen-bond acceptors (Lipinski definition) is 15. The van der Waals surface area contributed by atoms with Gasteiger partial charge in [-0.1, -0.05) is 34.8 Å². The van der Waals surface area contributed by atoms with E-state index in [1.165, 1.54) is 35.5 Å². The number of aromatic nitrogens is 9. The Labute approximate surface area is 299 Å². The van der Waals surface area contributed by atoms with E-state index in [4.69, 9.17) is 27.2 Å². The Morgan fingerprint density at radius 1 is 0.843 bits per heavy atom. The van der Waals surface area contributed by atoms with Crippen molar-refractivity contribution < 1.29 is 0 Å². The Morgan fingerprint density at radius 3 is 2.25 bits per heavy atom. The number of nitrogens with zero attached hydrogens (tertiary/aromatic N) is 8. The van der Waals surface area contributed by atoms with Crippen LogP contribution in [0.3, 0.4) is 0 Å². The van der Waals surface area contributed by atoms with Crippen molar-refractivity contribution in [2.24, 2.45) is 11.7 Å². The van der Waals surface area contributed by atoms with Crippen molar-refractivity contribution in [3.63, 3.8) is 0 Å². The first kappa shape index (κ1) is 31.2. The van der Waals surface area contributed by atoms with E-state index in [1.807, 2.05) is 37.4 Å². The molecule has 0 spiro atoms. The van der Waals surface area contributed by atoms with Crippen LogP contribution in [0.5, 0.6) is 0 Å². The molecule has 254 valence electrons. The SMILES string of the molecule is CC(Nc1cncc(-c2c[nH]c3ccc(-c4nnc(N)s4)cc23)n1)C1(N)C=C(c2cncc(NCC3CC3)n2)c2cc(-c3nnc(N)s3)ccc21. The van der Waals surface area contributed by atoms with E-state index >= 15 is 0 Å². The average Bonchev–Trinajstić information content (AvgIpc) is 3.42. The highest BCUT2D eigenvalue weighted by Crippen LogP contribution is 2.45. The minimum absolute atomic E-state index is 0.317. The lowest BCUT2D eigenvalue weighted by Crippen LogP contribution is -2.47. The van der Waals surface area contributed by atoms with E-state index in [-0.39, 0.29) is 6.04 Å². The summed E-state index contributed by atoms with van der Waals surface area (Å²) in [4.78, 5) is 22.4. The summed E-state index contributed by atoms with van der Waals surface area (Å²) in [5.74, 6) is 2.02. The van der Waals surface area contributed by atoms with Crippen molar-refractivity contribution in [1.29, 1.82) is 0 Å². The molecule has 0 radical (unpaired) electrons. The number of aromatic amines is 1. The second kappa shape index (κ2) is 12.2. The van der Waals surface area contributed by atoms with Crippen LogP contribution in [0.4, 0.5) is 21.9 Å². The zero-order valence-electron chi connectivity index (χ0n) is 27.3. The fraction of sp³-hybridized carbons (Fsp3) is 0.200. The minimum Gasteiger partial charge on any atom is -0.374 e. The van der Waals surface area contributed by atoms with Crippen molar-refractivity contribution in [2.45, 2.75) is 31.3 Å². The first-order valence-corrected chi connectivity index (χ1v) is 18.1. The first-order chi connectivity index (χ1) is 24.8. The Morgan fingerprint density at radius 2 is 1.53 bits per heavy atom. The number of H-pyrrole nitrogens is 1. The maximum atomic E-state index is 7.39. The third-order valence-electron chi connectivity index (χ3n) is 9.39. The molecule has 2 atom stereocenters. The summed E-state index contributed by atoms with van der Waals surface area (Å²) < 4.78 is 0. The van der Waals surface area contributed by atoms with E-state index in [1.54, 1.807) is 24.8 Å². The molecule has 2 aliphatic carbocycles. The van der Waals surface area contributed by atoms with Crippen molar-refractivity contribution in [3.8, 4) is 32.4 Å². The van der Waals surface area contributed by atoms with Gasteiger partial charge < -0.3 is 32.8 Å². The fourth-order valence-corrected chi connectivity index (χ4v) is 7.68. The molecule has 0 saturated heterocycles. The molecule has 1 fully saturated rings. The molecule has 2 aliphatic rings. The smallest absolute Gasteiger partial charge is 0.203 e. The van der Waals surface area contributed by atoms with E-state index in [9.17, 15) is 0 Å². The predicted molar refractivity (Wildman–Crippen MR) is 202 cm³/mol. The Hall–Kier alpha value is -5.84. The molecule has 1 saturated carbocycles. The molecule has 16 heteroatoms. The number of benzene rings is 2. The summed E-state index contributed by atoms with van der Waals surface area (Å²) in [6.07, 6.45) is 13.5. The fourth-order valence-electron chi connectivity index (χ4n) is 6.47. The summed E-state index contributed by atoms with van der Waals surface area (Å²) in [5.41, 5.74) is 26.1. The molecule has 9 N–H and O–H groups in total. The molecule has 2 aromatic carbocycles. The Kier molecular flexibility index (Phi) is 7.45. The van der Waals surface area contributed by atoms with Crippen LogP contribution in [0.1, 0.15) is 36.6 Å². The molecule has 0 aliphatic heterocycles. The molecule has 0 amide bonds. The first-order valence-electron chi connectivity index (χ1n) is 16.4. The largest absolute Gasteiger partial charge is 0.374 e. The topological polar surface area (TPSA) is 221 Å². The second-order valence-corrected chi connectivity index (χ2v) is 14.9. The van der Waals surface area contributed by atoms with Gasteiger partial charge in [0.2, 0.25) is 10.3 Å². The number of hydrogen-bond donors (Lipinski definition) is 6. The molecule has 2 unspecified atom stereocenters. The maximum Gasteiger partial charge on any atom is 0.203 e. The van der Waals surface area contributed by atoms with Crippen LogP contribution in [0, 0.1) is 5.92 Å². The van der Waals surface area contributed by atoms with Crippen LogP contribution in [-0.2, 0) is 5.54 Å². The molecular formula is C35H32N14S2. The molecule has 5 heterocycles. The molecular weight excluding hydrogens is 681 g/mol. The van der Waals surface area contributed by atoms with Gasteiger partial charge in [-0.3, -0.25) is 9.97 Å². The zero-order valence-corrected chi connectivity index (χ0v) is 29.0. The number of nitrogens with one attached hydrogen (secondary N) is 3. The molecule has 0 bridgehead atoms. The van der Waals surface area contributed by atoms with Crippen molar-refractivity contribution in [3.05, 3.63) is 90.3 Å². The summed E-state index contributed by atoms with van der Waals surface area (Å²) >= 11 is 2.68. The van der Waals surface area contributed by atoms with Gasteiger partial charge in [0, 0.05) is 45.9 Å². The highest BCUT2D eigenvalue weighted by molar-refractivity contribution is 7.18. The standard InChI is InChI=1S/C35H32N14S2/c1-17(43-30-16-40-14-28(45-30)24-12-41-26-7-5-20(9-22(24)26)32-47-49-34(37)51-32)35(38)10-23(27-13-39-15-29(44-27)42-11-18-2-3-18)21-8-19(4-6-25(21)35)31-46-48-33(36)50-31/h4-10,12-18,41H,2-3,11,38H2,1H3,(H2,36,48)(H2,37,49)(H,42,44)(H,43,45). The van der Waals surface area contributed by atoms with Gasteiger partial charge in [-0.2, -0.15) is 0 Å². The van der Waals surface area contributed by atoms with Gasteiger partial charge in [0.25, 0.3) is 0 Å². The number of nitrogen functional groups attached to an aromatic ring is 2. The highest BCUT2D eigenvalue weighted by atomic mass is 32.1. The average molecular weight is 713 g/mol. The Bertz CT molecular complexity index is 2460. The zero-order chi connectivity index (χ0) is 34.7. The van der Waals surface area contributed by atoms with Gasteiger partial charge in [0.15, 0.2) is 0 Å². The van der Waals surface area contributed by atoms with Gasteiger partial charge in [0.05, 0.1) is 47.8 Å². The molecule has 9 rings (SSSR count). The maximum absolute atomic E-state index is 7.39. The monoisotopic (exact) mass is 712 g/mol. The summed E-state index contributed by atoms with van der Waals surface area (Å²) in [5, 5.41) is 26.8. The van der Waals surface area contributed by atoms with E-state index < -0.39 is 5.54 Å². The molecule has 5 aromatic heterocycles. The van der Waals surface area contributed by atoms with Gasteiger partial charge in [-0.25, -0.2) is 9.97 Å². The lowest BCUT2D eigenvalue weighted by molar-refractivity contribution is 0.494. The Balaban J connectivity index is 1.05. The summed E-state index contributed by atoms with van der Waals surface area (Å²) in [6.45, 7) is 2.93. The summed E-state index contributed by atoms with van der Waals surface area (Å²) in [6, 6.07) is 11.9. The highest BCUT2D eigenvalue weighted by Gasteiger charge is 2.41. The van der Waals surface area contributed by atoms with Crippen LogP contribution in [0.2, 0.25) is 0 Å². The third kappa shape index (κ3) is 5.82. The van der Waals surface area contributed by atoms with E-state index in [0.29, 0.717) is 27.7 Å². The van der Waals surface area contributed by atoms with E-state index in [2.05, 4.69) is 64.2 Å². The van der Waals surface area contributed by atoms with E-state index in [0.717, 1.165) is 72.4 Å². The van der Waals surface area contributed by atoms with Crippen molar-refractivity contribution in [1.82, 2.24) is 45.3 Å². The second-order valence-electron chi connectivity index (χ2n) is 12.9. The van der Waals surface area contributed by atoms with Crippen LogP contribution >= 0.6 is 22.7 Å². The molecule has 14 nitrogen and oxygen atoms in total. The summed E-state index contributed by atoms with van der Waals surface area (Å²) in [7, 11) is 0. The van der Waals surface area contributed by atoms with Crippen LogP contribution < -0.4 is 27.8 Å². The van der Waals surface area contributed by atoms with Crippen LogP contribution in [0.15, 0.2) is 73.5 Å². The van der Waals surface area contributed by atoms with Gasteiger partial charge in [0.1, 0.15) is 21.7 Å². The lowest BCUT2D eigenvalue weighted by Gasteiger charge is -2.32. The number of anilines is 4. The van der Waals surface area contributed by atoms with Crippen molar-refractivity contribution in [2.75, 3.05) is 28.6 Å². The van der Waals surface area contributed by atoms with Gasteiger partial charge in [-0.15, -0.1) is 20.4 Å². The number of fused-ring (bicyclic) bond motifs is 2. The lowest BCUT2D eigenvalue weighted by atomic mass is 9.86. The van der Waals surface area contributed by atoms with Crippen LogP contribution in [-0.4, -0.2) is 57.9 Å². The molecule has 7 aromatic rings. The number of rotatable bonds is 10. The third-order valence-corrected chi connectivity index (χ3v) is 11.0. The predicted octanol–water partition coefficient (Wildman–Crippen LogP) is 5.54. The molecule has 51 heavy (non-hydrogen) atoms. The van der Waals surface area contributed by atoms with Gasteiger partial charge >= 0.3 is 0 Å². The normalized spacial score (nSPS) is 17.3. The quantitative estimate of drug-likeness (QED) is 0.103. The van der Waals surface area contributed by atoms with Crippen LogP contribution in [0.25, 0.3) is 48.9 Å². The van der Waals surface area contributed by atoms with Crippen molar-refractivity contribution >= 4 is 61.0 Å². The number of nitrogens with two attached hydrogens (primary N) is 3. The minimum atomic E-state index is -0.945. The van der Waals surface area contributed by atoms with Gasteiger partial charge in [-0.05, 0) is 67.2 Å².